The van der Waals surface area contributed by atoms with Crippen LogP contribution in [-0.4, -0.2) is 49.5 Å². The summed E-state index contributed by atoms with van der Waals surface area (Å²) in [5.74, 6) is 0. The molecule has 0 unspecified atom stereocenters. The number of hydrogen-bond donors (Lipinski definition) is 2. The monoisotopic (exact) mass is 384 g/mol. The van der Waals surface area contributed by atoms with Crippen molar-refractivity contribution in [3.05, 3.63) is 72.1 Å². The Morgan fingerprint density at radius 1 is 1.00 bits per heavy atom. The lowest BCUT2D eigenvalue weighted by molar-refractivity contribution is -0.120. The highest BCUT2D eigenvalue weighted by molar-refractivity contribution is 6.91. The molecule has 143 valence electrons. The predicted molar refractivity (Wildman–Crippen MR) is 109 cm³/mol. The Hall–Kier alpha value is -1.92. The van der Waals surface area contributed by atoms with Crippen LogP contribution in [0.1, 0.15) is 22.1 Å². The Labute approximate surface area is 164 Å². The topological polar surface area (TPSA) is 58.9 Å². The van der Waals surface area contributed by atoms with Crippen molar-refractivity contribution in [2.75, 3.05) is 6.61 Å². The highest BCUT2D eigenvalue weighted by Crippen LogP contribution is 2.23. The van der Waals surface area contributed by atoms with Crippen LogP contribution in [0.15, 0.2) is 72.1 Å². The first kappa shape index (κ1) is 18.4. The molecule has 0 fully saturated rings. The number of hydrogen-bond acceptors (Lipinski definition) is 4. The minimum absolute atomic E-state index is 0.0677. The lowest BCUT2D eigenvalue weighted by Gasteiger charge is -2.36. The van der Waals surface area contributed by atoms with Crippen molar-refractivity contribution in [3.8, 4) is 0 Å². The zero-order valence-corrected chi connectivity index (χ0v) is 16.9. The maximum Gasteiger partial charge on any atom is 0.157 e. The second-order valence-corrected chi connectivity index (χ2v) is 10.1. The van der Waals surface area contributed by atoms with Gasteiger partial charge in [0.05, 0.1) is 18.4 Å². The molecule has 3 rings (SSSR count). The molecule has 2 aromatic carbocycles. The van der Waals surface area contributed by atoms with Gasteiger partial charge < -0.3 is 19.7 Å². The van der Waals surface area contributed by atoms with Crippen LogP contribution in [0.3, 0.4) is 0 Å². The van der Waals surface area contributed by atoms with E-state index in [1.807, 2.05) is 81.4 Å². The van der Waals surface area contributed by atoms with Crippen molar-refractivity contribution in [2.24, 2.45) is 0 Å². The molecule has 0 aliphatic carbocycles. The molecular weight excluding hydrogens is 356 g/mol. The molecule has 3 atom stereocenters. The summed E-state index contributed by atoms with van der Waals surface area (Å²) in [7, 11) is -1.68. The van der Waals surface area contributed by atoms with E-state index in [4.69, 9.17) is 10.8 Å². The molecule has 1 aliphatic rings. The normalized spacial score (nSPS) is 23.9. The highest BCUT2D eigenvalue weighted by atomic mass is 28.3. The molecule has 0 bridgehead atoms. The van der Waals surface area contributed by atoms with Gasteiger partial charge in [-0.1, -0.05) is 71.0 Å². The summed E-state index contributed by atoms with van der Waals surface area (Å²) in [4.78, 5) is 0. The number of aliphatic hydroxyl groups excluding tert-OH is 2. The van der Waals surface area contributed by atoms with E-state index < -0.39 is 32.7 Å². The zero-order valence-electron chi connectivity index (χ0n) is 16.9. The molecule has 1 aliphatic heterocycles. The Balaban J connectivity index is 1.98. The molecule has 4 nitrogen and oxygen atoms in total. The summed E-state index contributed by atoms with van der Waals surface area (Å²) < 4.78 is 19.9. The van der Waals surface area contributed by atoms with Crippen LogP contribution in [0.4, 0.5) is 0 Å². The van der Waals surface area contributed by atoms with Gasteiger partial charge in [0.1, 0.15) is 19.7 Å². The lowest BCUT2D eigenvalue weighted by Crippen LogP contribution is -2.54. The first-order valence-corrected chi connectivity index (χ1v) is 10.6. The third kappa shape index (κ3) is 4.87. The van der Waals surface area contributed by atoms with Gasteiger partial charge in [0.15, 0.2) is 8.80 Å². The first-order chi connectivity index (χ1) is 13.3. The summed E-state index contributed by atoms with van der Waals surface area (Å²) in [5, 5.41) is 24.2. The van der Waals surface area contributed by atoms with Crippen molar-refractivity contribution >= 4 is 19.2 Å². The van der Waals surface area contributed by atoms with E-state index in [0.717, 1.165) is 10.4 Å². The van der Waals surface area contributed by atoms with Crippen LogP contribution in [0.2, 0.25) is 0 Å². The van der Waals surface area contributed by atoms with Crippen molar-refractivity contribution in [1.82, 2.24) is 0 Å². The SMILES string of the molecule is [2H]C1=C([Si](c2ccccc2)c2ccccc2)[C@@H](O)[C@@H](O)[C@@H](COC(C)(C)C)O1. The van der Waals surface area contributed by atoms with Crippen LogP contribution in [-0.2, 0) is 9.47 Å². The largest absolute Gasteiger partial charge is 0.493 e. The Kier molecular flexibility index (Phi) is 5.73. The van der Waals surface area contributed by atoms with Gasteiger partial charge in [-0.25, -0.2) is 0 Å². The number of aliphatic hydroxyl groups is 2. The minimum Gasteiger partial charge on any atom is -0.493 e. The van der Waals surface area contributed by atoms with E-state index >= 15 is 0 Å². The summed E-state index contributed by atoms with van der Waals surface area (Å²) in [5.41, 5.74) is -0.400. The third-order valence-electron chi connectivity index (χ3n) is 4.40. The van der Waals surface area contributed by atoms with Gasteiger partial charge in [-0.3, -0.25) is 0 Å². The van der Waals surface area contributed by atoms with E-state index in [1.165, 1.54) is 0 Å². The highest BCUT2D eigenvalue weighted by Gasteiger charge is 2.39. The molecular formula is C22H27O4Si. The van der Waals surface area contributed by atoms with E-state index in [9.17, 15) is 10.2 Å². The smallest absolute Gasteiger partial charge is 0.157 e. The maximum absolute atomic E-state index is 11.0. The molecule has 0 saturated carbocycles. The maximum atomic E-state index is 11.0. The van der Waals surface area contributed by atoms with E-state index in [2.05, 4.69) is 0 Å². The first-order valence-electron chi connectivity index (χ1n) is 9.63. The van der Waals surface area contributed by atoms with Crippen molar-refractivity contribution in [3.63, 3.8) is 0 Å². The number of ether oxygens (including phenoxy) is 2. The molecule has 0 spiro atoms. The second kappa shape index (κ2) is 8.40. The fraction of sp³-hybridized carbons (Fsp3) is 0.364. The molecule has 0 saturated heterocycles. The van der Waals surface area contributed by atoms with Crippen LogP contribution in [0.5, 0.6) is 0 Å². The summed E-state index contributed by atoms with van der Waals surface area (Å²) >= 11 is 0. The summed E-state index contributed by atoms with van der Waals surface area (Å²) in [6.07, 6.45) is -3.18. The Bertz CT molecular complexity index is 765. The third-order valence-corrected chi connectivity index (χ3v) is 7.15. The Morgan fingerprint density at radius 3 is 2.00 bits per heavy atom. The van der Waals surface area contributed by atoms with Gasteiger partial charge in [-0.05, 0) is 26.0 Å². The van der Waals surface area contributed by atoms with E-state index in [-0.39, 0.29) is 12.8 Å². The van der Waals surface area contributed by atoms with Crippen molar-refractivity contribution in [1.29, 1.82) is 0 Å². The molecule has 1 radical (unpaired) electrons. The number of rotatable bonds is 5. The van der Waals surface area contributed by atoms with Gasteiger partial charge in [-0.15, -0.1) is 0 Å². The van der Waals surface area contributed by atoms with Gasteiger partial charge >= 0.3 is 0 Å². The molecule has 2 aromatic rings. The predicted octanol–water partition coefficient (Wildman–Crippen LogP) is 1.65. The van der Waals surface area contributed by atoms with E-state index in [0.29, 0.717) is 5.20 Å². The fourth-order valence-electron chi connectivity index (χ4n) is 2.99. The second-order valence-electron chi connectivity index (χ2n) is 7.64. The van der Waals surface area contributed by atoms with Crippen molar-refractivity contribution in [2.45, 2.75) is 44.7 Å². The molecule has 0 amide bonds. The van der Waals surface area contributed by atoms with Crippen LogP contribution in [0, 0.1) is 0 Å². The quantitative estimate of drug-likeness (QED) is 0.770. The zero-order chi connectivity index (χ0) is 20.3. The molecule has 0 aromatic heterocycles. The molecule has 27 heavy (non-hydrogen) atoms. The average molecular weight is 385 g/mol. The molecule has 2 N–H and O–H groups in total. The van der Waals surface area contributed by atoms with Crippen LogP contribution >= 0.6 is 0 Å². The summed E-state index contributed by atoms with van der Waals surface area (Å²) in [6.45, 7) is 5.84. The fourth-order valence-corrected chi connectivity index (χ4v) is 5.63. The van der Waals surface area contributed by atoms with Crippen LogP contribution < -0.4 is 10.4 Å². The average Bonchev–Trinajstić information content (AvgIpc) is 2.67. The molecule has 1 heterocycles. The van der Waals surface area contributed by atoms with Gasteiger partial charge in [0.2, 0.25) is 0 Å². The Morgan fingerprint density at radius 2 is 1.52 bits per heavy atom. The summed E-state index contributed by atoms with van der Waals surface area (Å²) in [6, 6.07) is 19.6. The van der Waals surface area contributed by atoms with Crippen molar-refractivity contribution < 1.29 is 21.1 Å². The minimum atomic E-state index is -1.68. The van der Waals surface area contributed by atoms with Gasteiger partial charge in [0.25, 0.3) is 0 Å². The number of benzene rings is 2. The van der Waals surface area contributed by atoms with Gasteiger partial charge in [0, 0.05) is 0 Å². The van der Waals surface area contributed by atoms with Crippen LogP contribution in [0.25, 0.3) is 0 Å². The lowest BCUT2D eigenvalue weighted by atomic mass is 10.1. The standard InChI is InChI=1S/C22H27O4Si/c1-22(2,3)26-14-18-20(23)21(24)19(15-25-18)27(16-10-6-4-7-11-16)17-12-8-5-9-13-17/h4-13,15,18,20-21,23-24H,14H2,1-3H3/t18-,20+,21-/m1/s1/i15D. The molecule has 5 heteroatoms. The van der Waals surface area contributed by atoms with E-state index in [1.54, 1.807) is 0 Å². The van der Waals surface area contributed by atoms with Gasteiger partial charge in [-0.2, -0.15) is 0 Å².